The fourth-order valence-electron chi connectivity index (χ4n) is 2.44. The van der Waals surface area contributed by atoms with Crippen molar-refractivity contribution in [2.75, 3.05) is 26.7 Å². The fourth-order valence-corrected chi connectivity index (χ4v) is 2.87. The van der Waals surface area contributed by atoms with E-state index in [0.717, 1.165) is 36.9 Å². The molecular weight excluding hydrogens is 363 g/mol. The number of halogens is 3. The average Bonchev–Trinajstić information content (AvgIpc) is 2.42. The molecule has 0 bridgehead atoms. The van der Waals surface area contributed by atoms with Crippen LogP contribution in [-0.2, 0) is 0 Å². The number of nitrogens with zero attached hydrogens (tertiary/aromatic N) is 1. The highest BCUT2D eigenvalue weighted by atomic mass is 79.9. The summed E-state index contributed by atoms with van der Waals surface area (Å²) in [6.07, 6.45) is 2.13. The molecule has 0 atom stereocenters. The Bertz CT molecular complexity index is 462. The van der Waals surface area contributed by atoms with Crippen LogP contribution in [0.1, 0.15) is 23.2 Å². The van der Waals surface area contributed by atoms with Gasteiger partial charge in [-0.3, -0.25) is 4.79 Å². The summed E-state index contributed by atoms with van der Waals surface area (Å²) < 4.78 is 0.818. The third-order valence-electron chi connectivity index (χ3n) is 3.56. The molecule has 1 saturated heterocycles. The van der Waals surface area contributed by atoms with Crippen molar-refractivity contribution in [3.05, 3.63) is 33.3 Å². The van der Waals surface area contributed by atoms with Crippen molar-refractivity contribution in [3.63, 3.8) is 0 Å². The molecule has 0 unspecified atom stereocenters. The van der Waals surface area contributed by atoms with Crippen LogP contribution in [0.2, 0.25) is 5.02 Å². The van der Waals surface area contributed by atoms with Crippen LogP contribution >= 0.6 is 39.9 Å². The van der Waals surface area contributed by atoms with E-state index in [0.29, 0.717) is 16.5 Å². The third-order valence-corrected chi connectivity index (χ3v) is 4.79. The number of carbonyl (C=O) groups excluding carboxylic acids is 1. The van der Waals surface area contributed by atoms with Gasteiger partial charge < -0.3 is 10.2 Å². The Hall–Kier alpha value is -0.290. The van der Waals surface area contributed by atoms with Crippen LogP contribution in [0.4, 0.5) is 0 Å². The molecular formula is C14H19BrCl2N2O. The molecule has 3 nitrogen and oxygen atoms in total. The first-order valence-electron chi connectivity index (χ1n) is 6.50. The van der Waals surface area contributed by atoms with Crippen molar-refractivity contribution in [1.29, 1.82) is 0 Å². The molecule has 1 aliphatic rings. The summed E-state index contributed by atoms with van der Waals surface area (Å²) in [6, 6.07) is 5.37. The first-order valence-corrected chi connectivity index (χ1v) is 7.68. The normalized spacial score (nSPS) is 15.8. The van der Waals surface area contributed by atoms with E-state index >= 15 is 0 Å². The van der Waals surface area contributed by atoms with Gasteiger partial charge in [0.2, 0.25) is 0 Å². The largest absolute Gasteiger partial charge is 0.339 e. The van der Waals surface area contributed by atoms with Gasteiger partial charge >= 0.3 is 0 Å². The Morgan fingerprint density at radius 2 is 2.10 bits per heavy atom. The second kappa shape index (κ2) is 8.23. The monoisotopic (exact) mass is 380 g/mol. The second-order valence-corrected chi connectivity index (χ2v) is 6.18. The minimum absolute atomic E-state index is 0. The Kier molecular flexibility index (Phi) is 7.30. The van der Waals surface area contributed by atoms with Crippen LogP contribution in [-0.4, -0.2) is 37.5 Å². The molecule has 20 heavy (non-hydrogen) atoms. The second-order valence-electron chi connectivity index (χ2n) is 4.92. The molecule has 2 rings (SSSR count). The Labute approximate surface area is 139 Å². The molecule has 1 aliphatic heterocycles. The molecule has 1 aromatic carbocycles. The summed E-state index contributed by atoms with van der Waals surface area (Å²) in [5, 5.41) is 3.78. The number of hydrogen-bond donors (Lipinski definition) is 1. The van der Waals surface area contributed by atoms with Crippen molar-refractivity contribution in [2.45, 2.75) is 12.8 Å². The van der Waals surface area contributed by atoms with E-state index < -0.39 is 0 Å². The van der Waals surface area contributed by atoms with Crippen LogP contribution in [0.25, 0.3) is 0 Å². The SMILES string of the molecule is CNCC1CCN(C(=O)c2ccc(Br)c(Cl)c2)CC1.Cl. The zero-order valence-electron chi connectivity index (χ0n) is 11.4. The van der Waals surface area contributed by atoms with Gasteiger partial charge in [-0.05, 0) is 66.5 Å². The summed E-state index contributed by atoms with van der Waals surface area (Å²) >= 11 is 9.37. The highest BCUT2D eigenvalue weighted by Crippen LogP contribution is 2.25. The minimum Gasteiger partial charge on any atom is -0.339 e. The number of hydrogen-bond acceptors (Lipinski definition) is 2. The summed E-state index contributed by atoms with van der Waals surface area (Å²) in [7, 11) is 1.97. The molecule has 1 amide bonds. The number of nitrogens with one attached hydrogen (secondary N) is 1. The van der Waals surface area contributed by atoms with Crippen molar-refractivity contribution in [1.82, 2.24) is 10.2 Å². The maximum Gasteiger partial charge on any atom is 0.253 e. The maximum absolute atomic E-state index is 12.4. The van der Waals surface area contributed by atoms with Crippen molar-refractivity contribution >= 4 is 45.8 Å². The quantitative estimate of drug-likeness (QED) is 0.867. The fraction of sp³-hybridized carbons (Fsp3) is 0.500. The molecule has 0 aliphatic carbocycles. The van der Waals surface area contributed by atoms with E-state index in [-0.39, 0.29) is 18.3 Å². The lowest BCUT2D eigenvalue weighted by atomic mass is 9.96. The minimum atomic E-state index is 0. The number of carbonyl (C=O) groups is 1. The molecule has 0 saturated carbocycles. The van der Waals surface area contributed by atoms with Crippen LogP contribution in [0.15, 0.2) is 22.7 Å². The lowest BCUT2D eigenvalue weighted by molar-refractivity contribution is 0.0691. The van der Waals surface area contributed by atoms with Gasteiger partial charge in [0, 0.05) is 23.1 Å². The van der Waals surface area contributed by atoms with E-state index in [4.69, 9.17) is 11.6 Å². The average molecular weight is 382 g/mol. The number of piperidine rings is 1. The van der Waals surface area contributed by atoms with E-state index in [9.17, 15) is 4.79 Å². The third kappa shape index (κ3) is 4.35. The van der Waals surface area contributed by atoms with Gasteiger partial charge in [0.1, 0.15) is 0 Å². The topological polar surface area (TPSA) is 32.3 Å². The van der Waals surface area contributed by atoms with Crippen molar-refractivity contribution in [3.8, 4) is 0 Å². The summed E-state index contributed by atoms with van der Waals surface area (Å²) in [5.74, 6) is 0.764. The first-order chi connectivity index (χ1) is 9.11. The highest BCUT2D eigenvalue weighted by Gasteiger charge is 2.23. The summed E-state index contributed by atoms with van der Waals surface area (Å²) in [6.45, 7) is 2.70. The van der Waals surface area contributed by atoms with Crippen LogP contribution in [0, 0.1) is 5.92 Å². The molecule has 112 valence electrons. The molecule has 0 spiro atoms. The number of benzene rings is 1. The number of amides is 1. The number of likely N-dealkylation sites (tertiary alicyclic amines) is 1. The molecule has 6 heteroatoms. The van der Waals surface area contributed by atoms with E-state index in [1.165, 1.54) is 0 Å². The van der Waals surface area contributed by atoms with Crippen LogP contribution in [0.5, 0.6) is 0 Å². The van der Waals surface area contributed by atoms with Gasteiger partial charge in [-0.15, -0.1) is 12.4 Å². The predicted molar refractivity (Wildman–Crippen MR) is 89.0 cm³/mol. The predicted octanol–water partition coefficient (Wildman–Crippen LogP) is 3.60. The van der Waals surface area contributed by atoms with E-state index in [1.807, 2.05) is 24.1 Å². The van der Waals surface area contributed by atoms with Gasteiger partial charge in [0.25, 0.3) is 5.91 Å². The molecule has 1 fully saturated rings. The van der Waals surface area contributed by atoms with Gasteiger partial charge in [-0.2, -0.15) is 0 Å². The maximum atomic E-state index is 12.4. The van der Waals surface area contributed by atoms with Gasteiger partial charge in [-0.25, -0.2) is 0 Å². The zero-order chi connectivity index (χ0) is 13.8. The number of rotatable bonds is 3. The standard InChI is InChI=1S/C14H18BrClN2O.ClH/c1-17-9-10-4-6-18(7-5-10)14(19)11-2-3-12(15)13(16)8-11;/h2-3,8,10,17H,4-7,9H2,1H3;1H. The summed E-state index contributed by atoms with van der Waals surface area (Å²) in [5.41, 5.74) is 0.667. The molecule has 1 aromatic rings. The van der Waals surface area contributed by atoms with Crippen LogP contribution < -0.4 is 5.32 Å². The molecule has 0 radical (unpaired) electrons. The van der Waals surface area contributed by atoms with Gasteiger partial charge in [0.15, 0.2) is 0 Å². The Morgan fingerprint density at radius 3 is 2.65 bits per heavy atom. The van der Waals surface area contributed by atoms with Crippen LogP contribution in [0.3, 0.4) is 0 Å². The van der Waals surface area contributed by atoms with Crippen molar-refractivity contribution in [2.24, 2.45) is 5.92 Å². The summed E-state index contributed by atoms with van der Waals surface area (Å²) in [4.78, 5) is 14.3. The Morgan fingerprint density at radius 1 is 1.45 bits per heavy atom. The molecule has 1 heterocycles. The Balaban J connectivity index is 0.00000200. The zero-order valence-corrected chi connectivity index (χ0v) is 14.5. The lowest BCUT2D eigenvalue weighted by Gasteiger charge is -2.32. The smallest absolute Gasteiger partial charge is 0.253 e. The lowest BCUT2D eigenvalue weighted by Crippen LogP contribution is -2.40. The van der Waals surface area contributed by atoms with Gasteiger partial charge in [-0.1, -0.05) is 11.6 Å². The highest BCUT2D eigenvalue weighted by molar-refractivity contribution is 9.10. The van der Waals surface area contributed by atoms with Crippen molar-refractivity contribution < 1.29 is 4.79 Å². The van der Waals surface area contributed by atoms with E-state index in [1.54, 1.807) is 6.07 Å². The van der Waals surface area contributed by atoms with E-state index in [2.05, 4.69) is 21.2 Å². The van der Waals surface area contributed by atoms with Gasteiger partial charge in [0.05, 0.1) is 5.02 Å². The molecule has 0 aromatic heterocycles. The molecule has 1 N–H and O–H groups in total. The first kappa shape index (κ1) is 17.8.